The quantitative estimate of drug-likeness (QED) is 0.821. The first-order chi connectivity index (χ1) is 9.16. The van der Waals surface area contributed by atoms with Crippen molar-refractivity contribution in [3.05, 3.63) is 23.8 Å². The van der Waals surface area contributed by atoms with Crippen LogP contribution in [-0.4, -0.2) is 30.3 Å². The van der Waals surface area contributed by atoms with Crippen molar-refractivity contribution in [2.75, 3.05) is 13.3 Å². The number of hydrogen-bond acceptors (Lipinski definition) is 4. The topological polar surface area (TPSA) is 84.9 Å². The van der Waals surface area contributed by atoms with Crippen LogP contribution in [0.25, 0.3) is 0 Å². The maximum Gasteiger partial charge on any atom is 0.308 e. The molecule has 0 radical (unpaired) electrons. The molecule has 2 heterocycles. The van der Waals surface area contributed by atoms with E-state index in [0.717, 1.165) is 5.56 Å². The van der Waals surface area contributed by atoms with Crippen LogP contribution in [-0.2, 0) is 9.59 Å². The average Bonchev–Trinajstić information content (AvgIpc) is 2.86. The molecule has 1 amide bonds. The average molecular weight is 263 g/mol. The molecule has 1 aromatic rings. The highest BCUT2D eigenvalue weighted by Gasteiger charge is 2.38. The van der Waals surface area contributed by atoms with Crippen molar-refractivity contribution in [1.82, 2.24) is 5.32 Å². The summed E-state index contributed by atoms with van der Waals surface area (Å²) in [6.07, 6.45) is 0.150. The highest BCUT2D eigenvalue weighted by molar-refractivity contribution is 5.82. The van der Waals surface area contributed by atoms with E-state index in [4.69, 9.17) is 9.47 Å². The van der Waals surface area contributed by atoms with Gasteiger partial charge in [0.15, 0.2) is 11.5 Å². The predicted octanol–water partition coefficient (Wildman–Crippen LogP) is 0.720. The maximum atomic E-state index is 11.5. The minimum Gasteiger partial charge on any atom is -0.481 e. The standard InChI is InChI=1S/C13H13NO5/c15-11-4-8(9(5-14-11)13(16)17)7-2-1-3-10-12(7)19-6-18-10/h1-3,8-9H,4-6H2,(H,14,15)(H,16,17). The lowest BCUT2D eigenvalue weighted by Crippen LogP contribution is -2.43. The van der Waals surface area contributed by atoms with Crippen molar-refractivity contribution in [2.24, 2.45) is 5.92 Å². The molecule has 1 aromatic carbocycles. The number of nitrogens with one attached hydrogen (secondary N) is 1. The summed E-state index contributed by atoms with van der Waals surface area (Å²) in [6.45, 7) is 0.270. The maximum absolute atomic E-state index is 11.5. The van der Waals surface area contributed by atoms with Gasteiger partial charge in [-0.25, -0.2) is 0 Å². The van der Waals surface area contributed by atoms with Gasteiger partial charge >= 0.3 is 5.97 Å². The van der Waals surface area contributed by atoms with Gasteiger partial charge in [0.1, 0.15) is 0 Å². The fraction of sp³-hybridized carbons (Fsp3) is 0.385. The van der Waals surface area contributed by atoms with E-state index in [9.17, 15) is 14.7 Å². The summed E-state index contributed by atoms with van der Waals surface area (Å²) < 4.78 is 10.7. The van der Waals surface area contributed by atoms with Crippen LogP contribution >= 0.6 is 0 Å². The molecule has 3 rings (SSSR count). The Morgan fingerprint density at radius 1 is 1.37 bits per heavy atom. The Bertz CT molecular complexity index is 542. The van der Waals surface area contributed by atoms with Gasteiger partial charge in [0.2, 0.25) is 12.7 Å². The first kappa shape index (κ1) is 11.8. The number of ether oxygens (including phenoxy) is 2. The molecule has 2 aliphatic rings. The first-order valence-corrected chi connectivity index (χ1v) is 6.05. The third kappa shape index (κ3) is 1.99. The molecule has 0 saturated carbocycles. The number of carbonyl (C=O) groups excluding carboxylic acids is 1. The molecule has 0 bridgehead atoms. The largest absolute Gasteiger partial charge is 0.481 e. The third-order valence-electron chi connectivity index (χ3n) is 3.55. The Kier molecular flexibility index (Phi) is 2.77. The zero-order chi connectivity index (χ0) is 13.4. The lowest BCUT2D eigenvalue weighted by Gasteiger charge is -2.29. The summed E-state index contributed by atoms with van der Waals surface area (Å²) in [5.74, 6) is -0.919. The summed E-state index contributed by atoms with van der Waals surface area (Å²) >= 11 is 0. The molecule has 0 aromatic heterocycles. The minimum atomic E-state index is -0.915. The molecule has 100 valence electrons. The predicted molar refractivity (Wildman–Crippen MR) is 64.1 cm³/mol. The van der Waals surface area contributed by atoms with Crippen LogP contribution < -0.4 is 14.8 Å². The number of carboxylic acids is 1. The second-order valence-corrected chi connectivity index (χ2v) is 4.64. The normalized spacial score (nSPS) is 24.9. The van der Waals surface area contributed by atoms with Crippen LogP contribution in [0.15, 0.2) is 18.2 Å². The van der Waals surface area contributed by atoms with E-state index in [1.54, 1.807) is 18.2 Å². The van der Waals surface area contributed by atoms with Gasteiger partial charge in [-0.1, -0.05) is 12.1 Å². The number of aliphatic carboxylic acids is 1. The summed E-state index contributed by atoms with van der Waals surface area (Å²) in [5, 5.41) is 11.9. The number of carboxylic acid groups (broad SMARTS) is 1. The van der Waals surface area contributed by atoms with Gasteiger partial charge in [-0.2, -0.15) is 0 Å². The Labute approximate surface area is 109 Å². The van der Waals surface area contributed by atoms with Crippen molar-refractivity contribution in [3.63, 3.8) is 0 Å². The monoisotopic (exact) mass is 263 g/mol. The fourth-order valence-electron chi connectivity index (χ4n) is 2.61. The number of rotatable bonds is 2. The molecule has 2 N–H and O–H groups in total. The van der Waals surface area contributed by atoms with Crippen molar-refractivity contribution in [2.45, 2.75) is 12.3 Å². The van der Waals surface area contributed by atoms with E-state index < -0.39 is 11.9 Å². The summed E-state index contributed by atoms with van der Waals surface area (Å²) in [6, 6.07) is 5.35. The lowest BCUT2D eigenvalue weighted by molar-refractivity contribution is -0.144. The Hall–Kier alpha value is -2.24. The molecule has 19 heavy (non-hydrogen) atoms. The molecule has 1 saturated heterocycles. The van der Waals surface area contributed by atoms with Crippen molar-refractivity contribution in [3.8, 4) is 11.5 Å². The minimum absolute atomic E-state index is 0.128. The van der Waals surface area contributed by atoms with Crippen LogP contribution in [0.3, 0.4) is 0 Å². The second-order valence-electron chi connectivity index (χ2n) is 4.64. The van der Waals surface area contributed by atoms with Gasteiger partial charge in [0.25, 0.3) is 0 Å². The molecular formula is C13H13NO5. The number of benzene rings is 1. The molecule has 6 heteroatoms. The molecular weight excluding hydrogens is 250 g/mol. The highest BCUT2D eigenvalue weighted by atomic mass is 16.7. The molecule has 0 spiro atoms. The zero-order valence-corrected chi connectivity index (χ0v) is 10.1. The van der Waals surface area contributed by atoms with E-state index in [1.807, 2.05) is 0 Å². The summed E-state index contributed by atoms with van der Waals surface area (Å²) in [7, 11) is 0. The van der Waals surface area contributed by atoms with Crippen molar-refractivity contribution >= 4 is 11.9 Å². The number of fused-ring (bicyclic) bond motifs is 1. The number of piperidine rings is 1. The van der Waals surface area contributed by atoms with Crippen LogP contribution in [0.4, 0.5) is 0 Å². The van der Waals surface area contributed by atoms with Gasteiger partial charge in [-0.15, -0.1) is 0 Å². The van der Waals surface area contributed by atoms with E-state index in [0.29, 0.717) is 11.5 Å². The number of carbonyl (C=O) groups is 2. The van der Waals surface area contributed by atoms with E-state index in [2.05, 4.69) is 5.32 Å². The van der Waals surface area contributed by atoms with Gasteiger partial charge in [-0.3, -0.25) is 9.59 Å². The van der Waals surface area contributed by atoms with Gasteiger partial charge in [-0.05, 0) is 6.07 Å². The number of hydrogen-bond donors (Lipinski definition) is 2. The Morgan fingerprint density at radius 3 is 3.00 bits per heavy atom. The SMILES string of the molecule is O=C1CC(c2cccc3c2OCO3)C(C(=O)O)CN1. The van der Waals surface area contributed by atoms with E-state index in [1.165, 1.54) is 0 Å². The first-order valence-electron chi connectivity index (χ1n) is 6.05. The van der Waals surface area contributed by atoms with Crippen LogP contribution in [0, 0.1) is 5.92 Å². The molecule has 1 fully saturated rings. The molecule has 6 nitrogen and oxygen atoms in total. The summed E-state index contributed by atoms with van der Waals surface area (Å²) in [5.41, 5.74) is 0.734. The zero-order valence-electron chi connectivity index (χ0n) is 10.1. The van der Waals surface area contributed by atoms with Gasteiger partial charge in [0, 0.05) is 24.4 Å². The Balaban J connectivity index is 2.01. The van der Waals surface area contributed by atoms with Crippen molar-refractivity contribution < 1.29 is 24.2 Å². The lowest BCUT2D eigenvalue weighted by atomic mass is 9.80. The molecule has 2 aliphatic heterocycles. The molecule has 2 unspecified atom stereocenters. The highest BCUT2D eigenvalue weighted by Crippen LogP contribution is 2.43. The summed E-state index contributed by atoms with van der Waals surface area (Å²) in [4.78, 5) is 22.9. The number of para-hydroxylation sites is 1. The van der Waals surface area contributed by atoms with Crippen LogP contribution in [0.2, 0.25) is 0 Å². The van der Waals surface area contributed by atoms with Crippen molar-refractivity contribution in [1.29, 1.82) is 0 Å². The van der Waals surface area contributed by atoms with Gasteiger partial charge in [0.05, 0.1) is 5.92 Å². The smallest absolute Gasteiger partial charge is 0.308 e. The van der Waals surface area contributed by atoms with E-state index >= 15 is 0 Å². The molecule has 2 atom stereocenters. The number of amides is 1. The second kappa shape index (κ2) is 4.46. The Morgan fingerprint density at radius 2 is 2.21 bits per heavy atom. The van der Waals surface area contributed by atoms with E-state index in [-0.39, 0.29) is 31.6 Å². The van der Waals surface area contributed by atoms with Gasteiger partial charge < -0.3 is 19.9 Å². The van der Waals surface area contributed by atoms with Crippen LogP contribution in [0.5, 0.6) is 11.5 Å². The molecule has 0 aliphatic carbocycles. The third-order valence-corrected chi connectivity index (χ3v) is 3.55. The fourth-order valence-corrected chi connectivity index (χ4v) is 2.61. The van der Waals surface area contributed by atoms with Crippen LogP contribution in [0.1, 0.15) is 17.9 Å².